The van der Waals surface area contributed by atoms with Crippen molar-refractivity contribution >= 4 is 10.0 Å². The van der Waals surface area contributed by atoms with Crippen LogP contribution >= 0.6 is 0 Å². The summed E-state index contributed by atoms with van der Waals surface area (Å²) in [6.07, 6.45) is 0.711. The summed E-state index contributed by atoms with van der Waals surface area (Å²) in [5.74, 6) is 0.257. The van der Waals surface area contributed by atoms with E-state index in [1.807, 2.05) is 0 Å². The first kappa shape index (κ1) is 5.05. The minimum absolute atomic E-state index is 0.257. The minimum atomic E-state index is -2.92. The van der Waals surface area contributed by atoms with Crippen LogP contribution in [-0.2, 0) is 10.0 Å². The van der Waals surface area contributed by atoms with Crippen LogP contribution in [0.2, 0.25) is 0 Å². The monoisotopic (exact) mass is 120 g/mol. The number of nitrogens with zero attached hydrogens (tertiary/aromatic N) is 1. The Hall–Kier alpha value is -0.0900. The Bertz CT molecular complexity index is 136. The highest BCUT2D eigenvalue weighted by Gasteiger charge is 2.17. The molecular weight excluding hydrogens is 114 g/mol. The molecule has 7 heavy (non-hydrogen) atoms. The van der Waals surface area contributed by atoms with E-state index in [0.717, 1.165) is 0 Å². The van der Waals surface area contributed by atoms with E-state index in [9.17, 15) is 8.42 Å². The molecule has 0 N–H and O–H groups in total. The van der Waals surface area contributed by atoms with Crippen molar-refractivity contribution < 1.29 is 8.42 Å². The molecule has 4 heteroatoms. The van der Waals surface area contributed by atoms with Gasteiger partial charge in [0, 0.05) is 6.54 Å². The average molecular weight is 120 g/mol. The highest BCUT2D eigenvalue weighted by atomic mass is 32.2. The fourth-order valence-electron chi connectivity index (χ4n) is 0.515. The molecule has 0 aromatic carbocycles. The van der Waals surface area contributed by atoms with Gasteiger partial charge in [0.05, 0.1) is 5.75 Å². The van der Waals surface area contributed by atoms with Crippen molar-refractivity contribution in [2.24, 2.45) is 0 Å². The molecular formula is C3H6NO2S. The molecule has 1 fully saturated rings. The Morgan fingerprint density at radius 3 is 2.29 bits per heavy atom. The normalized spacial score (nSPS) is 28.0. The summed E-state index contributed by atoms with van der Waals surface area (Å²) < 4.78 is 23.9. The molecule has 0 unspecified atom stereocenters. The van der Waals surface area contributed by atoms with Crippen molar-refractivity contribution in [2.75, 3.05) is 12.3 Å². The Morgan fingerprint density at radius 1 is 1.43 bits per heavy atom. The molecule has 0 amide bonds. The molecule has 0 aliphatic carbocycles. The molecule has 0 atom stereocenters. The maximum atomic E-state index is 10.3. The van der Waals surface area contributed by atoms with Crippen LogP contribution in [0.25, 0.3) is 0 Å². The Morgan fingerprint density at radius 2 is 2.14 bits per heavy atom. The zero-order chi connectivity index (χ0) is 5.33. The predicted molar refractivity (Wildman–Crippen MR) is 25.4 cm³/mol. The lowest BCUT2D eigenvalue weighted by molar-refractivity contribution is 0.593. The van der Waals surface area contributed by atoms with Gasteiger partial charge in [0.2, 0.25) is 10.0 Å². The molecule has 1 radical (unpaired) electrons. The highest BCUT2D eigenvalue weighted by molar-refractivity contribution is 7.89. The van der Waals surface area contributed by atoms with E-state index in [1.165, 1.54) is 0 Å². The van der Waals surface area contributed by atoms with E-state index in [1.54, 1.807) is 0 Å². The fraction of sp³-hybridized carbons (Fsp3) is 1.00. The third kappa shape index (κ3) is 1.14. The molecule has 1 aliphatic rings. The fourth-order valence-corrected chi connectivity index (χ4v) is 1.55. The first-order valence-electron chi connectivity index (χ1n) is 2.12. The summed E-state index contributed by atoms with van der Waals surface area (Å²) in [7, 11) is -2.92. The third-order valence-electron chi connectivity index (χ3n) is 0.848. The zero-order valence-corrected chi connectivity index (χ0v) is 4.61. The van der Waals surface area contributed by atoms with Crippen molar-refractivity contribution in [3.63, 3.8) is 0 Å². The van der Waals surface area contributed by atoms with Crippen LogP contribution in [0, 0.1) is 0 Å². The SMILES string of the molecule is O=S1(=O)CCC[N]1. The summed E-state index contributed by atoms with van der Waals surface area (Å²) in [6, 6.07) is 0. The van der Waals surface area contributed by atoms with Gasteiger partial charge in [-0.15, -0.1) is 4.72 Å². The van der Waals surface area contributed by atoms with Crippen molar-refractivity contribution in [1.82, 2.24) is 4.72 Å². The summed E-state index contributed by atoms with van der Waals surface area (Å²) >= 11 is 0. The van der Waals surface area contributed by atoms with Crippen molar-refractivity contribution in [1.29, 1.82) is 0 Å². The van der Waals surface area contributed by atoms with Crippen molar-refractivity contribution in [3.8, 4) is 0 Å². The Labute approximate surface area is 42.8 Å². The van der Waals surface area contributed by atoms with Gasteiger partial charge in [-0.25, -0.2) is 8.42 Å². The van der Waals surface area contributed by atoms with Gasteiger partial charge in [0.15, 0.2) is 0 Å². The molecule has 1 aliphatic heterocycles. The molecule has 1 heterocycles. The lowest BCUT2D eigenvalue weighted by atomic mass is 10.5. The van der Waals surface area contributed by atoms with Gasteiger partial charge in [-0.1, -0.05) is 0 Å². The van der Waals surface area contributed by atoms with E-state index >= 15 is 0 Å². The number of rotatable bonds is 0. The highest BCUT2D eigenvalue weighted by Crippen LogP contribution is 1.98. The minimum Gasteiger partial charge on any atom is -0.211 e. The summed E-state index contributed by atoms with van der Waals surface area (Å²) in [5.41, 5.74) is 0. The van der Waals surface area contributed by atoms with Crippen LogP contribution in [0.3, 0.4) is 0 Å². The van der Waals surface area contributed by atoms with Gasteiger partial charge in [-0.2, -0.15) is 0 Å². The van der Waals surface area contributed by atoms with E-state index in [2.05, 4.69) is 4.72 Å². The molecule has 41 valence electrons. The van der Waals surface area contributed by atoms with Crippen LogP contribution in [0.4, 0.5) is 0 Å². The standard InChI is InChI=1S/C3H6NO2S/c5-7(6)3-1-2-4-7/h1-3H2. The maximum absolute atomic E-state index is 10.3. The van der Waals surface area contributed by atoms with Crippen LogP contribution in [0.5, 0.6) is 0 Å². The van der Waals surface area contributed by atoms with E-state index in [0.29, 0.717) is 13.0 Å². The van der Waals surface area contributed by atoms with Gasteiger partial charge in [-0.3, -0.25) is 0 Å². The van der Waals surface area contributed by atoms with Gasteiger partial charge >= 0.3 is 0 Å². The molecule has 0 bridgehead atoms. The summed E-state index contributed by atoms with van der Waals surface area (Å²) in [6.45, 7) is 0.502. The molecule has 1 saturated heterocycles. The third-order valence-corrected chi connectivity index (χ3v) is 2.23. The van der Waals surface area contributed by atoms with Crippen LogP contribution in [-0.4, -0.2) is 20.7 Å². The molecule has 0 spiro atoms. The van der Waals surface area contributed by atoms with Crippen molar-refractivity contribution in [2.45, 2.75) is 6.42 Å². The second-order valence-corrected chi connectivity index (χ2v) is 3.32. The molecule has 0 aromatic rings. The van der Waals surface area contributed by atoms with Gasteiger partial charge in [0.1, 0.15) is 0 Å². The average Bonchev–Trinajstić information content (AvgIpc) is 1.84. The number of hydrogen-bond acceptors (Lipinski definition) is 2. The Kier molecular flexibility index (Phi) is 1.05. The van der Waals surface area contributed by atoms with Crippen LogP contribution in [0.15, 0.2) is 0 Å². The number of sulfonamides is 1. The second kappa shape index (κ2) is 1.45. The summed E-state index contributed by atoms with van der Waals surface area (Å²) in [5, 5.41) is 0. The first-order valence-corrected chi connectivity index (χ1v) is 3.73. The van der Waals surface area contributed by atoms with Crippen LogP contribution < -0.4 is 4.72 Å². The van der Waals surface area contributed by atoms with E-state index < -0.39 is 10.0 Å². The topological polar surface area (TPSA) is 48.2 Å². The second-order valence-electron chi connectivity index (χ2n) is 1.49. The Balaban J connectivity index is 2.76. The number of hydrogen-bond donors (Lipinski definition) is 0. The van der Waals surface area contributed by atoms with Crippen molar-refractivity contribution in [3.05, 3.63) is 0 Å². The van der Waals surface area contributed by atoms with E-state index in [4.69, 9.17) is 0 Å². The molecule has 3 nitrogen and oxygen atoms in total. The molecule has 0 saturated carbocycles. The van der Waals surface area contributed by atoms with E-state index in [-0.39, 0.29) is 5.75 Å². The van der Waals surface area contributed by atoms with Gasteiger partial charge < -0.3 is 0 Å². The smallest absolute Gasteiger partial charge is 0.211 e. The maximum Gasteiger partial charge on any atom is 0.227 e. The van der Waals surface area contributed by atoms with Crippen LogP contribution in [0.1, 0.15) is 6.42 Å². The predicted octanol–water partition coefficient (Wildman–Crippen LogP) is -0.676. The zero-order valence-electron chi connectivity index (χ0n) is 3.79. The summed E-state index contributed by atoms with van der Waals surface area (Å²) in [4.78, 5) is 0. The van der Waals surface area contributed by atoms with Gasteiger partial charge in [0.25, 0.3) is 0 Å². The lowest BCUT2D eigenvalue weighted by Gasteiger charge is -1.81. The molecule has 0 aromatic heterocycles. The lowest BCUT2D eigenvalue weighted by Crippen LogP contribution is -2.07. The van der Waals surface area contributed by atoms with Gasteiger partial charge in [-0.05, 0) is 6.42 Å². The first-order chi connectivity index (χ1) is 3.21. The quantitative estimate of drug-likeness (QED) is 0.425. The largest absolute Gasteiger partial charge is 0.227 e. The molecule has 1 rings (SSSR count).